The van der Waals surface area contributed by atoms with E-state index in [1.54, 1.807) is 25.1 Å². The molecule has 1 N–H and O–H groups in total. The zero-order valence-electron chi connectivity index (χ0n) is 20.8. The second-order valence-corrected chi connectivity index (χ2v) is 11.6. The van der Waals surface area contributed by atoms with Crippen LogP contribution in [0.1, 0.15) is 26.3 Å². The van der Waals surface area contributed by atoms with Crippen LogP contribution in [-0.4, -0.2) is 43.8 Å². The first-order valence-electron chi connectivity index (χ1n) is 11.7. The van der Waals surface area contributed by atoms with Crippen LogP contribution in [-0.2, 0) is 26.2 Å². The Bertz CT molecular complexity index is 1340. The highest BCUT2D eigenvalue weighted by Crippen LogP contribution is 2.25. The highest BCUT2D eigenvalue weighted by molar-refractivity contribution is 9.10. The van der Waals surface area contributed by atoms with E-state index in [1.165, 1.54) is 29.2 Å². The molecular weight excluding hydrogens is 561 g/mol. The van der Waals surface area contributed by atoms with E-state index >= 15 is 0 Å². The summed E-state index contributed by atoms with van der Waals surface area (Å²) in [5.41, 5.74) is 0.881. The van der Waals surface area contributed by atoms with Crippen LogP contribution in [0.25, 0.3) is 0 Å². The van der Waals surface area contributed by atoms with E-state index < -0.39 is 34.3 Å². The number of carbonyl (C=O) groups excluding carboxylic acids is 2. The largest absolute Gasteiger partial charge is 0.352 e. The summed E-state index contributed by atoms with van der Waals surface area (Å²) >= 11 is 3.42. The molecule has 0 aliphatic rings. The molecule has 37 heavy (non-hydrogen) atoms. The number of nitrogens with zero attached hydrogens (tertiary/aromatic N) is 2. The van der Waals surface area contributed by atoms with E-state index in [0.717, 1.165) is 26.5 Å². The third-order valence-corrected chi connectivity index (χ3v) is 7.85. The minimum atomic E-state index is -4.18. The predicted molar refractivity (Wildman–Crippen MR) is 145 cm³/mol. The minimum absolute atomic E-state index is 0.0173. The Labute approximate surface area is 225 Å². The zero-order chi connectivity index (χ0) is 27.2. The lowest BCUT2D eigenvalue weighted by molar-refractivity contribution is -0.139. The topological polar surface area (TPSA) is 86.8 Å². The Hall–Kier alpha value is -3.24. The molecule has 0 fully saturated rings. The van der Waals surface area contributed by atoms with Crippen LogP contribution in [0.2, 0.25) is 0 Å². The van der Waals surface area contributed by atoms with Gasteiger partial charge in [-0.25, -0.2) is 12.8 Å². The van der Waals surface area contributed by atoms with Crippen molar-refractivity contribution < 1.29 is 22.4 Å². The van der Waals surface area contributed by atoms with Crippen molar-refractivity contribution >= 4 is 43.5 Å². The Kier molecular flexibility index (Phi) is 9.45. The van der Waals surface area contributed by atoms with Crippen molar-refractivity contribution in [1.82, 2.24) is 10.2 Å². The summed E-state index contributed by atoms with van der Waals surface area (Å²) in [7, 11) is -4.18. The molecule has 0 aliphatic carbocycles. The summed E-state index contributed by atoms with van der Waals surface area (Å²) < 4.78 is 42.6. The molecule has 0 aromatic heterocycles. The van der Waals surface area contributed by atoms with Crippen LogP contribution < -0.4 is 9.62 Å². The molecule has 0 spiro atoms. The van der Waals surface area contributed by atoms with Crippen LogP contribution >= 0.6 is 15.9 Å². The quantitative estimate of drug-likeness (QED) is 0.370. The van der Waals surface area contributed by atoms with Gasteiger partial charge in [-0.05, 0) is 74.9 Å². The maximum Gasteiger partial charge on any atom is 0.264 e. The molecule has 196 valence electrons. The molecule has 3 aromatic rings. The van der Waals surface area contributed by atoms with Crippen molar-refractivity contribution in [2.45, 2.75) is 44.3 Å². The number of rotatable bonds is 10. The smallest absolute Gasteiger partial charge is 0.264 e. The van der Waals surface area contributed by atoms with Gasteiger partial charge in [-0.3, -0.25) is 13.9 Å². The monoisotopic (exact) mass is 589 g/mol. The predicted octanol–water partition coefficient (Wildman–Crippen LogP) is 4.73. The Balaban J connectivity index is 2.01. The van der Waals surface area contributed by atoms with Gasteiger partial charge in [0.1, 0.15) is 18.4 Å². The highest BCUT2D eigenvalue weighted by Gasteiger charge is 2.32. The summed E-state index contributed by atoms with van der Waals surface area (Å²) in [5, 5.41) is 2.81. The molecule has 7 nitrogen and oxygen atoms in total. The van der Waals surface area contributed by atoms with Crippen LogP contribution in [0.4, 0.5) is 10.1 Å². The lowest BCUT2D eigenvalue weighted by Crippen LogP contribution is -2.52. The average Bonchev–Trinajstić information content (AvgIpc) is 2.86. The van der Waals surface area contributed by atoms with Crippen molar-refractivity contribution in [1.29, 1.82) is 0 Å². The van der Waals surface area contributed by atoms with Gasteiger partial charge in [-0.15, -0.1) is 0 Å². The second kappa shape index (κ2) is 12.3. The van der Waals surface area contributed by atoms with Gasteiger partial charge < -0.3 is 10.2 Å². The summed E-state index contributed by atoms with van der Waals surface area (Å²) in [6, 6.07) is 18.8. The van der Waals surface area contributed by atoms with Gasteiger partial charge >= 0.3 is 0 Å². The maximum absolute atomic E-state index is 13.7. The van der Waals surface area contributed by atoms with E-state index in [-0.39, 0.29) is 29.1 Å². The standard InChI is InChI=1S/C27H29BrFN3O4S/c1-19(2)30-27(34)20(3)31(17-21-8-7-9-22(28)16-21)26(33)18-32(24-14-12-23(29)13-15-24)37(35,36)25-10-5-4-6-11-25/h4-16,19-20H,17-18H2,1-3H3,(H,30,34)/t20-/m0/s1. The molecule has 0 aliphatic heterocycles. The third kappa shape index (κ3) is 7.39. The van der Waals surface area contributed by atoms with Gasteiger partial charge in [0.15, 0.2) is 0 Å². The van der Waals surface area contributed by atoms with Crippen molar-refractivity contribution in [2.75, 3.05) is 10.8 Å². The molecule has 10 heteroatoms. The first-order chi connectivity index (χ1) is 17.5. The molecule has 2 amide bonds. The fourth-order valence-electron chi connectivity index (χ4n) is 3.68. The molecule has 3 aromatic carbocycles. The molecular formula is C27H29BrFN3O4S. The van der Waals surface area contributed by atoms with Crippen LogP contribution in [0.15, 0.2) is 88.2 Å². The van der Waals surface area contributed by atoms with Gasteiger partial charge in [0.2, 0.25) is 11.8 Å². The van der Waals surface area contributed by atoms with Crippen LogP contribution in [0, 0.1) is 5.82 Å². The molecule has 0 radical (unpaired) electrons. The Morgan fingerprint density at radius 3 is 2.19 bits per heavy atom. The fraction of sp³-hybridized carbons (Fsp3) is 0.259. The number of halogens is 2. The van der Waals surface area contributed by atoms with Gasteiger partial charge in [-0.1, -0.05) is 46.3 Å². The Morgan fingerprint density at radius 1 is 0.946 bits per heavy atom. The number of nitrogens with one attached hydrogen (secondary N) is 1. The molecule has 0 saturated carbocycles. The van der Waals surface area contributed by atoms with Crippen LogP contribution in [0.5, 0.6) is 0 Å². The lowest BCUT2D eigenvalue weighted by atomic mass is 10.1. The van der Waals surface area contributed by atoms with Crippen molar-refractivity contribution in [2.24, 2.45) is 0 Å². The third-order valence-electron chi connectivity index (χ3n) is 5.56. The van der Waals surface area contributed by atoms with Crippen LogP contribution in [0.3, 0.4) is 0 Å². The van der Waals surface area contributed by atoms with Gasteiger partial charge in [0.05, 0.1) is 10.6 Å². The normalized spacial score (nSPS) is 12.2. The number of sulfonamides is 1. The molecule has 3 rings (SSSR count). The first-order valence-corrected chi connectivity index (χ1v) is 13.9. The van der Waals surface area contributed by atoms with E-state index in [0.29, 0.717) is 0 Å². The van der Waals surface area contributed by atoms with Crippen molar-refractivity contribution in [3.63, 3.8) is 0 Å². The molecule has 0 heterocycles. The summed E-state index contributed by atoms with van der Waals surface area (Å²) in [6.45, 7) is 4.72. The Morgan fingerprint density at radius 2 is 1.59 bits per heavy atom. The van der Waals surface area contributed by atoms with Crippen molar-refractivity contribution in [3.8, 4) is 0 Å². The van der Waals surface area contributed by atoms with Gasteiger partial charge in [-0.2, -0.15) is 0 Å². The number of hydrogen-bond donors (Lipinski definition) is 1. The molecule has 1 atom stereocenters. The van der Waals surface area contributed by atoms with Gasteiger partial charge in [0, 0.05) is 17.1 Å². The summed E-state index contributed by atoms with van der Waals surface area (Å²) in [6.07, 6.45) is 0. The van der Waals surface area contributed by atoms with E-state index in [1.807, 2.05) is 38.1 Å². The fourth-order valence-corrected chi connectivity index (χ4v) is 5.56. The number of amides is 2. The second-order valence-electron chi connectivity index (χ2n) is 8.79. The van der Waals surface area contributed by atoms with E-state index in [4.69, 9.17) is 0 Å². The van der Waals surface area contributed by atoms with E-state index in [9.17, 15) is 22.4 Å². The number of anilines is 1. The average molecular weight is 591 g/mol. The lowest BCUT2D eigenvalue weighted by Gasteiger charge is -2.32. The minimum Gasteiger partial charge on any atom is -0.352 e. The van der Waals surface area contributed by atoms with E-state index in [2.05, 4.69) is 21.2 Å². The highest BCUT2D eigenvalue weighted by atomic mass is 79.9. The zero-order valence-corrected chi connectivity index (χ0v) is 23.2. The summed E-state index contributed by atoms with van der Waals surface area (Å²) in [5.74, 6) is -1.49. The molecule has 0 bridgehead atoms. The number of carbonyl (C=O) groups is 2. The maximum atomic E-state index is 13.7. The number of hydrogen-bond acceptors (Lipinski definition) is 4. The first kappa shape index (κ1) is 28.3. The molecule has 0 saturated heterocycles. The van der Waals surface area contributed by atoms with Gasteiger partial charge in [0.25, 0.3) is 10.0 Å². The number of benzene rings is 3. The molecule has 0 unspecified atom stereocenters. The summed E-state index contributed by atoms with van der Waals surface area (Å²) in [4.78, 5) is 28.0. The van der Waals surface area contributed by atoms with Crippen molar-refractivity contribution in [3.05, 3.63) is 94.7 Å². The SMILES string of the molecule is CC(C)NC(=O)[C@H](C)N(Cc1cccc(Br)c1)C(=O)CN(c1ccc(F)cc1)S(=O)(=O)c1ccccc1.